The van der Waals surface area contributed by atoms with Gasteiger partial charge in [-0.2, -0.15) is 0 Å². The summed E-state index contributed by atoms with van der Waals surface area (Å²) in [5, 5.41) is 0. The Kier molecular flexibility index (Phi) is 11.5. The second kappa shape index (κ2) is 16.5. The Bertz CT molecular complexity index is 1930. The fraction of sp³-hybridized carbons (Fsp3) is 0.357. The minimum absolute atomic E-state index is 0.192. The number of rotatable bonds is 12. The van der Waals surface area contributed by atoms with E-state index in [0.717, 1.165) is 60.2 Å². The van der Waals surface area contributed by atoms with E-state index in [9.17, 15) is 9.00 Å². The molecule has 3 aliphatic rings. The van der Waals surface area contributed by atoms with Gasteiger partial charge >= 0.3 is 6.09 Å². The molecule has 1 unspecified atom stereocenters. The number of benzene rings is 4. The Hall–Kier alpha value is -4.16. The highest BCUT2D eigenvalue weighted by molar-refractivity contribution is 9.10. The highest BCUT2D eigenvalue weighted by Crippen LogP contribution is 2.44. The van der Waals surface area contributed by atoms with Crippen LogP contribution in [0.5, 0.6) is 17.2 Å². The molecule has 0 spiro atoms. The van der Waals surface area contributed by atoms with Crippen molar-refractivity contribution in [1.82, 2.24) is 9.80 Å². The van der Waals surface area contributed by atoms with Crippen molar-refractivity contribution in [3.8, 4) is 17.2 Å². The summed E-state index contributed by atoms with van der Waals surface area (Å²) in [6.07, 6.45) is 1.88. The van der Waals surface area contributed by atoms with E-state index in [1.54, 1.807) is 0 Å². The number of amides is 1. The van der Waals surface area contributed by atoms with E-state index in [2.05, 4.69) is 20.8 Å². The van der Waals surface area contributed by atoms with E-state index in [1.165, 1.54) is 0 Å². The van der Waals surface area contributed by atoms with Gasteiger partial charge in [-0.1, -0.05) is 58.4 Å². The van der Waals surface area contributed by atoms with Gasteiger partial charge in [-0.25, -0.2) is 9.00 Å². The zero-order valence-electron chi connectivity index (χ0n) is 30.3. The molecule has 0 bridgehead atoms. The van der Waals surface area contributed by atoms with Crippen LogP contribution >= 0.6 is 15.9 Å². The lowest BCUT2D eigenvalue weighted by Crippen LogP contribution is -2.59. The average Bonchev–Trinajstić information content (AvgIpc) is 3.40. The molecule has 1 atom stereocenters. The summed E-state index contributed by atoms with van der Waals surface area (Å²) >= 11 is 3.51. The first kappa shape index (κ1) is 37.2. The predicted molar refractivity (Wildman–Crippen MR) is 209 cm³/mol. The molecule has 0 N–H and O–H groups in total. The second-order valence-corrected chi connectivity index (χ2v) is 16.7. The van der Waals surface area contributed by atoms with Crippen LogP contribution in [0, 0.1) is 0 Å². The van der Waals surface area contributed by atoms with Gasteiger partial charge in [-0.15, -0.1) is 0 Å². The number of halogens is 1. The molecule has 7 rings (SSSR count). The standard InChI is InChI=1S/C42H45BrN2O7S/c1-42(2,3)52-41(46)44-21-19-32(20-22-44)45-26-36(27-45)49-24-23-48-33-13-15-34(16-14-33)51-39-37-18-17-35(50-28-29-7-5-4-6-8-29)25-38(37)53(47)40(39)30-9-11-31(43)12-10-30/h4-18,25,32,36H,19-24,26-28H2,1-3H3. The Morgan fingerprint density at radius 3 is 2.21 bits per heavy atom. The molecule has 0 aromatic heterocycles. The molecule has 2 saturated heterocycles. The van der Waals surface area contributed by atoms with Crippen molar-refractivity contribution < 1.29 is 32.7 Å². The number of piperidine rings is 1. The second-order valence-electron chi connectivity index (χ2n) is 14.4. The van der Waals surface area contributed by atoms with E-state index in [0.29, 0.717) is 58.7 Å². The molecule has 53 heavy (non-hydrogen) atoms. The molecule has 278 valence electrons. The van der Waals surface area contributed by atoms with E-state index in [-0.39, 0.29) is 12.2 Å². The van der Waals surface area contributed by atoms with Crippen LogP contribution in [0.4, 0.5) is 4.79 Å². The molecule has 4 aromatic carbocycles. The zero-order chi connectivity index (χ0) is 37.0. The van der Waals surface area contributed by atoms with E-state index >= 15 is 0 Å². The summed E-state index contributed by atoms with van der Waals surface area (Å²) in [7, 11) is -1.48. The summed E-state index contributed by atoms with van der Waals surface area (Å²) in [5.41, 5.74) is 2.18. The van der Waals surface area contributed by atoms with Crippen molar-refractivity contribution in [2.24, 2.45) is 0 Å². The van der Waals surface area contributed by atoms with Gasteiger partial charge in [0.15, 0.2) is 5.76 Å². The third-order valence-electron chi connectivity index (χ3n) is 9.40. The smallest absolute Gasteiger partial charge is 0.410 e. The van der Waals surface area contributed by atoms with Crippen LogP contribution in [0.2, 0.25) is 0 Å². The van der Waals surface area contributed by atoms with E-state index < -0.39 is 16.4 Å². The lowest BCUT2D eigenvalue weighted by atomic mass is 9.99. The molecular weight excluding hydrogens is 756 g/mol. The Labute approximate surface area is 322 Å². The third kappa shape index (κ3) is 9.32. The Balaban J connectivity index is 0.902. The van der Waals surface area contributed by atoms with Crippen LogP contribution in [0.25, 0.3) is 10.7 Å². The number of nitrogens with zero attached hydrogens (tertiary/aromatic N) is 2. The summed E-state index contributed by atoms with van der Waals surface area (Å²) < 4.78 is 45.1. The third-order valence-corrected chi connectivity index (χ3v) is 11.5. The summed E-state index contributed by atoms with van der Waals surface area (Å²) in [6, 6.07) is 31.3. The van der Waals surface area contributed by atoms with Crippen LogP contribution in [-0.4, -0.2) is 77.2 Å². The number of carbonyl (C=O) groups excluding carboxylic acids is 1. The van der Waals surface area contributed by atoms with Crippen LogP contribution in [-0.2, 0) is 26.9 Å². The fourth-order valence-corrected chi connectivity index (χ4v) is 8.38. The molecule has 0 saturated carbocycles. The van der Waals surface area contributed by atoms with Gasteiger partial charge in [0.05, 0.1) is 33.3 Å². The number of hydrogen-bond donors (Lipinski definition) is 0. The van der Waals surface area contributed by atoms with Gasteiger partial charge in [0.1, 0.15) is 36.1 Å². The van der Waals surface area contributed by atoms with E-state index in [4.69, 9.17) is 23.7 Å². The van der Waals surface area contributed by atoms with Crippen LogP contribution in [0.3, 0.4) is 0 Å². The van der Waals surface area contributed by atoms with Crippen LogP contribution < -0.4 is 14.2 Å². The van der Waals surface area contributed by atoms with Gasteiger partial charge in [0, 0.05) is 42.3 Å². The Morgan fingerprint density at radius 2 is 1.51 bits per heavy atom. The van der Waals surface area contributed by atoms with Gasteiger partial charge in [0.2, 0.25) is 0 Å². The van der Waals surface area contributed by atoms with Crippen molar-refractivity contribution >= 4 is 43.5 Å². The highest BCUT2D eigenvalue weighted by Gasteiger charge is 2.36. The topological polar surface area (TPSA) is 86.8 Å². The van der Waals surface area contributed by atoms with Crippen molar-refractivity contribution in [2.45, 2.75) is 62.9 Å². The van der Waals surface area contributed by atoms with Crippen molar-refractivity contribution in [3.63, 3.8) is 0 Å². The molecule has 0 aliphatic carbocycles. The first-order chi connectivity index (χ1) is 25.6. The zero-order valence-corrected chi connectivity index (χ0v) is 32.7. The van der Waals surface area contributed by atoms with Crippen molar-refractivity contribution in [1.29, 1.82) is 0 Å². The molecule has 2 fully saturated rings. The number of hydrogen-bond acceptors (Lipinski definition) is 8. The molecule has 11 heteroatoms. The molecule has 3 aliphatic heterocycles. The fourth-order valence-electron chi connectivity index (χ4n) is 6.64. The minimum Gasteiger partial charge on any atom is -0.491 e. The van der Waals surface area contributed by atoms with Crippen LogP contribution in [0.1, 0.15) is 50.3 Å². The van der Waals surface area contributed by atoms with Gasteiger partial charge in [0.25, 0.3) is 0 Å². The maximum Gasteiger partial charge on any atom is 0.410 e. The monoisotopic (exact) mass is 800 g/mol. The normalized spacial score (nSPS) is 18.0. The average molecular weight is 802 g/mol. The Morgan fingerprint density at radius 1 is 0.830 bits per heavy atom. The maximum absolute atomic E-state index is 14.0. The molecule has 1 amide bonds. The molecule has 3 heterocycles. The lowest BCUT2D eigenvalue weighted by molar-refractivity contribution is -0.0855. The summed E-state index contributed by atoms with van der Waals surface area (Å²) in [5.74, 6) is 2.53. The van der Waals surface area contributed by atoms with Crippen LogP contribution in [0.15, 0.2) is 106 Å². The lowest BCUT2D eigenvalue weighted by Gasteiger charge is -2.46. The van der Waals surface area contributed by atoms with E-state index in [1.807, 2.05) is 123 Å². The van der Waals surface area contributed by atoms with Gasteiger partial charge < -0.3 is 28.6 Å². The minimum atomic E-state index is -1.48. The summed E-state index contributed by atoms with van der Waals surface area (Å²) in [4.78, 5) is 17.9. The van der Waals surface area contributed by atoms with Crippen molar-refractivity contribution in [3.05, 3.63) is 118 Å². The van der Waals surface area contributed by atoms with Gasteiger partial charge in [-0.05, 0) is 99.3 Å². The molecular formula is C42H45BrN2O7S. The molecule has 0 radical (unpaired) electrons. The SMILES string of the molecule is CC(C)(C)OC(=O)N1CCC(N2CC(OCCOc3ccc(OC4=C(c5ccc(Br)cc5)S(=O)c5cc(OCc6ccccc6)ccc54)cc3)C2)CC1. The summed E-state index contributed by atoms with van der Waals surface area (Å²) in [6.45, 7) is 10.3. The molecule has 9 nitrogen and oxygen atoms in total. The van der Waals surface area contributed by atoms with Gasteiger partial charge in [-0.3, -0.25) is 4.90 Å². The maximum atomic E-state index is 14.0. The number of ether oxygens (including phenoxy) is 5. The first-order valence-electron chi connectivity index (χ1n) is 18.1. The number of carbonyl (C=O) groups is 1. The predicted octanol–water partition coefficient (Wildman–Crippen LogP) is 8.53. The quantitative estimate of drug-likeness (QED) is 0.132. The number of fused-ring (bicyclic) bond motifs is 1. The first-order valence-corrected chi connectivity index (χ1v) is 20.0. The largest absolute Gasteiger partial charge is 0.491 e. The highest BCUT2D eigenvalue weighted by atomic mass is 79.9. The van der Waals surface area contributed by atoms with Crippen molar-refractivity contribution in [2.75, 3.05) is 39.4 Å². The molecule has 4 aromatic rings. The number of likely N-dealkylation sites (tertiary alicyclic amines) is 2.